The van der Waals surface area contributed by atoms with Crippen LogP contribution in [0.25, 0.3) is 5.57 Å². The number of hydrogen-bond donors (Lipinski definition) is 0. The second kappa shape index (κ2) is 4.40. The van der Waals surface area contributed by atoms with Gasteiger partial charge in [0.2, 0.25) is 0 Å². The number of nitrogens with zero attached hydrogens (tertiary/aromatic N) is 2. The quantitative estimate of drug-likeness (QED) is 0.746. The number of hydrazine groups is 1. The monoisotopic (exact) mass is 214 g/mol. The lowest BCUT2D eigenvalue weighted by molar-refractivity contribution is -0.0642. The second-order valence-corrected chi connectivity index (χ2v) is 4.57. The smallest absolute Gasteiger partial charge is 0.0320 e. The average Bonchev–Trinajstić information content (AvgIpc) is 2.29. The lowest BCUT2D eigenvalue weighted by Gasteiger charge is -2.42. The van der Waals surface area contributed by atoms with Gasteiger partial charge in [-0.25, -0.2) is 10.0 Å². The van der Waals surface area contributed by atoms with E-state index in [1.54, 1.807) is 0 Å². The normalized spacial score (nSPS) is 22.6. The molecule has 0 bridgehead atoms. The number of benzene rings is 1. The Bertz CT molecular complexity index is 379. The van der Waals surface area contributed by atoms with Gasteiger partial charge in [0.15, 0.2) is 0 Å². The molecule has 0 N–H and O–H groups in total. The topological polar surface area (TPSA) is 6.48 Å². The highest BCUT2D eigenvalue weighted by atomic mass is 15.6. The van der Waals surface area contributed by atoms with Crippen LogP contribution in [0.15, 0.2) is 36.4 Å². The minimum atomic E-state index is 1.09. The van der Waals surface area contributed by atoms with Crippen LogP contribution < -0.4 is 0 Å². The molecule has 0 saturated carbocycles. The minimum Gasteiger partial charge on any atom is -0.241 e. The molecule has 2 heterocycles. The predicted octanol–water partition coefficient (Wildman–Crippen LogP) is 2.40. The highest BCUT2D eigenvalue weighted by molar-refractivity contribution is 5.66. The molecule has 3 rings (SSSR count). The fraction of sp³-hybridized carbons (Fsp3) is 0.429. The van der Waals surface area contributed by atoms with Crippen molar-refractivity contribution in [2.45, 2.75) is 12.8 Å². The Morgan fingerprint density at radius 1 is 0.875 bits per heavy atom. The third-order valence-corrected chi connectivity index (χ3v) is 3.56. The zero-order chi connectivity index (χ0) is 10.8. The maximum absolute atomic E-state index is 2.48. The second-order valence-electron chi connectivity index (χ2n) is 4.57. The average molecular weight is 214 g/mol. The van der Waals surface area contributed by atoms with Crippen LogP contribution in [0, 0.1) is 0 Å². The van der Waals surface area contributed by atoms with E-state index in [2.05, 4.69) is 46.4 Å². The Balaban J connectivity index is 1.69. The molecule has 0 amide bonds. The summed E-state index contributed by atoms with van der Waals surface area (Å²) in [5, 5.41) is 4.95. The van der Waals surface area contributed by atoms with Gasteiger partial charge in [0, 0.05) is 26.2 Å². The van der Waals surface area contributed by atoms with Crippen molar-refractivity contribution in [3.05, 3.63) is 42.0 Å². The Kier molecular flexibility index (Phi) is 2.77. The largest absolute Gasteiger partial charge is 0.241 e. The maximum Gasteiger partial charge on any atom is 0.0320 e. The van der Waals surface area contributed by atoms with Crippen LogP contribution in [0.1, 0.15) is 18.4 Å². The Morgan fingerprint density at radius 2 is 1.69 bits per heavy atom. The lowest BCUT2D eigenvalue weighted by atomic mass is 10.00. The molecule has 2 aliphatic heterocycles. The van der Waals surface area contributed by atoms with Gasteiger partial charge in [0.1, 0.15) is 0 Å². The van der Waals surface area contributed by atoms with Gasteiger partial charge in [-0.15, -0.1) is 0 Å². The number of hydrogen-bond acceptors (Lipinski definition) is 2. The van der Waals surface area contributed by atoms with E-state index in [1.165, 1.54) is 43.6 Å². The van der Waals surface area contributed by atoms with Crippen molar-refractivity contribution in [2.24, 2.45) is 0 Å². The van der Waals surface area contributed by atoms with Crippen LogP contribution in [-0.2, 0) is 0 Å². The first-order valence-corrected chi connectivity index (χ1v) is 6.18. The molecule has 0 unspecified atom stereocenters. The van der Waals surface area contributed by atoms with E-state index < -0.39 is 0 Å². The zero-order valence-corrected chi connectivity index (χ0v) is 9.60. The minimum absolute atomic E-state index is 1.09. The molecule has 0 aromatic heterocycles. The molecule has 2 aliphatic rings. The van der Waals surface area contributed by atoms with Crippen LogP contribution in [-0.4, -0.2) is 36.2 Å². The third-order valence-electron chi connectivity index (χ3n) is 3.56. The summed E-state index contributed by atoms with van der Waals surface area (Å²) < 4.78 is 0. The Hall–Kier alpha value is -1.12. The summed E-state index contributed by atoms with van der Waals surface area (Å²) in [5.74, 6) is 0. The molecule has 1 fully saturated rings. The van der Waals surface area contributed by atoms with Crippen molar-refractivity contribution >= 4 is 5.57 Å². The molecular formula is C14H18N2. The molecule has 2 nitrogen and oxygen atoms in total. The maximum atomic E-state index is 2.48. The molecule has 0 spiro atoms. The van der Waals surface area contributed by atoms with E-state index in [0.29, 0.717) is 0 Å². The van der Waals surface area contributed by atoms with E-state index in [0.717, 1.165) is 6.54 Å². The summed E-state index contributed by atoms with van der Waals surface area (Å²) in [6.45, 7) is 4.79. The molecule has 0 atom stereocenters. The van der Waals surface area contributed by atoms with Gasteiger partial charge >= 0.3 is 0 Å². The van der Waals surface area contributed by atoms with Crippen molar-refractivity contribution in [3.63, 3.8) is 0 Å². The van der Waals surface area contributed by atoms with Gasteiger partial charge in [-0.2, -0.15) is 0 Å². The van der Waals surface area contributed by atoms with Gasteiger partial charge in [-0.3, -0.25) is 0 Å². The molecule has 84 valence electrons. The third kappa shape index (κ3) is 1.91. The van der Waals surface area contributed by atoms with Crippen molar-refractivity contribution in [1.82, 2.24) is 10.0 Å². The molecule has 1 aromatic carbocycles. The van der Waals surface area contributed by atoms with Crippen molar-refractivity contribution in [1.29, 1.82) is 0 Å². The molecule has 2 heteroatoms. The van der Waals surface area contributed by atoms with Gasteiger partial charge in [-0.05, 0) is 24.0 Å². The van der Waals surface area contributed by atoms with E-state index in [4.69, 9.17) is 0 Å². The van der Waals surface area contributed by atoms with Gasteiger partial charge < -0.3 is 0 Å². The summed E-state index contributed by atoms with van der Waals surface area (Å²) in [6, 6.07) is 10.8. The fourth-order valence-corrected chi connectivity index (χ4v) is 2.41. The summed E-state index contributed by atoms with van der Waals surface area (Å²) >= 11 is 0. The highest BCUT2D eigenvalue weighted by Crippen LogP contribution is 2.24. The number of rotatable bonds is 2. The molecule has 16 heavy (non-hydrogen) atoms. The first kappa shape index (κ1) is 10.1. The van der Waals surface area contributed by atoms with Crippen LogP contribution >= 0.6 is 0 Å². The van der Waals surface area contributed by atoms with Crippen LogP contribution in [0.5, 0.6) is 0 Å². The first-order valence-electron chi connectivity index (χ1n) is 6.18. The predicted molar refractivity (Wildman–Crippen MR) is 66.8 cm³/mol. The van der Waals surface area contributed by atoms with Gasteiger partial charge in [0.25, 0.3) is 0 Å². The summed E-state index contributed by atoms with van der Waals surface area (Å²) in [4.78, 5) is 0. The Labute approximate surface area is 97.1 Å². The SMILES string of the molecule is C1=C(c2ccccc2)CCN(N2CCC2)C1. The van der Waals surface area contributed by atoms with Crippen molar-refractivity contribution in [3.8, 4) is 0 Å². The first-order chi connectivity index (χ1) is 7.93. The summed E-state index contributed by atoms with van der Waals surface area (Å²) in [7, 11) is 0. The van der Waals surface area contributed by atoms with Gasteiger partial charge in [-0.1, -0.05) is 36.4 Å². The molecule has 0 aliphatic carbocycles. The molecule has 1 aromatic rings. The Morgan fingerprint density at radius 3 is 2.25 bits per heavy atom. The van der Waals surface area contributed by atoms with Gasteiger partial charge in [0.05, 0.1) is 0 Å². The molecule has 1 saturated heterocycles. The zero-order valence-electron chi connectivity index (χ0n) is 9.60. The standard InChI is InChI=1S/C14H18N2/c1-2-5-13(6-3-1)14-7-11-16(12-8-14)15-9-4-10-15/h1-3,5-7H,4,8-12H2. The van der Waals surface area contributed by atoms with Crippen molar-refractivity contribution in [2.75, 3.05) is 26.2 Å². The molecular weight excluding hydrogens is 196 g/mol. The fourth-order valence-electron chi connectivity index (χ4n) is 2.41. The van der Waals surface area contributed by atoms with Crippen LogP contribution in [0.4, 0.5) is 0 Å². The highest BCUT2D eigenvalue weighted by Gasteiger charge is 2.23. The van der Waals surface area contributed by atoms with E-state index in [9.17, 15) is 0 Å². The van der Waals surface area contributed by atoms with E-state index >= 15 is 0 Å². The lowest BCUT2D eigenvalue weighted by Crippen LogP contribution is -2.51. The molecule has 0 radical (unpaired) electrons. The van der Waals surface area contributed by atoms with E-state index in [-0.39, 0.29) is 0 Å². The summed E-state index contributed by atoms with van der Waals surface area (Å²) in [6.07, 6.45) is 4.93. The van der Waals surface area contributed by atoms with Crippen LogP contribution in [0.2, 0.25) is 0 Å². The summed E-state index contributed by atoms with van der Waals surface area (Å²) in [5.41, 5.74) is 2.91. The van der Waals surface area contributed by atoms with Crippen LogP contribution in [0.3, 0.4) is 0 Å². The van der Waals surface area contributed by atoms with E-state index in [1.807, 2.05) is 0 Å². The van der Waals surface area contributed by atoms with Crippen molar-refractivity contribution < 1.29 is 0 Å².